The Morgan fingerprint density at radius 3 is 3.04 bits per heavy atom. The maximum absolute atomic E-state index is 12.2. The Morgan fingerprint density at radius 1 is 1.46 bits per heavy atom. The summed E-state index contributed by atoms with van der Waals surface area (Å²) in [5, 5.41) is 12.8. The van der Waals surface area contributed by atoms with E-state index in [-0.39, 0.29) is 5.91 Å². The third-order valence-corrected chi connectivity index (χ3v) is 5.58. The average molecular weight is 403 g/mol. The molecular weight excluding hydrogens is 388 g/mol. The molecule has 0 unspecified atom stereocenters. The maximum atomic E-state index is 12.2. The summed E-state index contributed by atoms with van der Waals surface area (Å²) in [4.78, 5) is 13.4. The summed E-state index contributed by atoms with van der Waals surface area (Å²) in [6.07, 6.45) is 6.17. The molecule has 0 fully saturated rings. The van der Waals surface area contributed by atoms with Gasteiger partial charge in [0.2, 0.25) is 5.91 Å². The number of nitrogens with one attached hydrogen (secondary N) is 1. The largest absolute Gasteiger partial charge is 0.496 e. The predicted octanol–water partition coefficient (Wildman–Crippen LogP) is 4.53. The third-order valence-electron chi connectivity index (χ3n) is 3.88. The van der Waals surface area contributed by atoms with Crippen molar-refractivity contribution in [2.75, 3.05) is 12.4 Å². The number of amides is 1. The molecule has 0 atom stereocenters. The molecule has 0 saturated heterocycles. The highest BCUT2D eigenvalue weighted by Crippen LogP contribution is 2.38. The molecule has 6 heteroatoms. The quantitative estimate of drug-likeness (QED) is 0.763. The molecular formula is C18H15BrN2O2S. The third kappa shape index (κ3) is 3.37. The van der Waals surface area contributed by atoms with E-state index in [1.807, 2.05) is 18.2 Å². The molecule has 1 heterocycles. The number of carbonyl (C=O) groups excluding carboxylic acids is 1. The molecule has 0 saturated carbocycles. The van der Waals surface area contributed by atoms with Crippen LogP contribution in [0.5, 0.6) is 5.75 Å². The summed E-state index contributed by atoms with van der Waals surface area (Å²) in [6.45, 7) is 0. The molecule has 24 heavy (non-hydrogen) atoms. The second kappa shape index (κ2) is 7.20. The lowest BCUT2D eigenvalue weighted by Crippen LogP contribution is -2.07. The summed E-state index contributed by atoms with van der Waals surface area (Å²) >= 11 is 4.92. The molecule has 0 radical (unpaired) electrons. The van der Waals surface area contributed by atoms with Crippen molar-refractivity contribution in [3.8, 4) is 11.8 Å². The van der Waals surface area contributed by atoms with Crippen LogP contribution >= 0.6 is 27.3 Å². The number of anilines is 1. The van der Waals surface area contributed by atoms with E-state index in [1.54, 1.807) is 13.2 Å². The molecule has 1 aliphatic carbocycles. The minimum Gasteiger partial charge on any atom is -0.496 e. The van der Waals surface area contributed by atoms with Crippen LogP contribution in [0.1, 0.15) is 28.0 Å². The summed E-state index contributed by atoms with van der Waals surface area (Å²) in [5.74, 6) is 0.434. The van der Waals surface area contributed by atoms with E-state index in [9.17, 15) is 10.1 Å². The summed E-state index contributed by atoms with van der Waals surface area (Å²) in [5.41, 5.74) is 2.53. The smallest absolute Gasteiger partial charge is 0.249 e. The molecule has 0 bridgehead atoms. The van der Waals surface area contributed by atoms with Crippen molar-refractivity contribution in [2.24, 2.45) is 0 Å². The number of hydrogen-bond donors (Lipinski definition) is 1. The topological polar surface area (TPSA) is 62.1 Å². The van der Waals surface area contributed by atoms with Crippen LogP contribution in [0.25, 0.3) is 6.08 Å². The number of fused-ring (bicyclic) bond motifs is 1. The summed E-state index contributed by atoms with van der Waals surface area (Å²) in [6, 6.07) is 7.81. The van der Waals surface area contributed by atoms with Gasteiger partial charge in [-0.05, 0) is 49.1 Å². The number of nitrogens with zero attached hydrogens (tertiary/aromatic N) is 1. The highest BCUT2D eigenvalue weighted by atomic mass is 79.9. The number of hydrogen-bond acceptors (Lipinski definition) is 4. The van der Waals surface area contributed by atoms with Gasteiger partial charge in [0.15, 0.2) is 0 Å². The van der Waals surface area contributed by atoms with E-state index in [0.717, 1.165) is 34.9 Å². The number of methoxy groups -OCH3 is 1. The average Bonchev–Trinajstić information content (AvgIpc) is 3.13. The first-order valence-corrected chi connectivity index (χ1v) is 9.10. The fraction of sp³-hybridized carbons (Fsp3) is 0.222. The summed E-state index contributed by atoms with van der Waals surface area (Å²) in [7, 11) is 1.59. The van der Waals surface area contributed by atoms with E-state index in [2.05, 4.69) is 27.3 Å². The minimum atomic E-state index is -0.256. The molecule has 3 rings (SSSR count). The van der Waals surface area contributed by atoms with E-state index in [4.69, 9.17) is 4.74 Å². The second-order valence-electron chi connectivity index (χ2n) is 5.38. The Labute approximate surface area is 152 Å². The van der Waals surface area contributed by atoms with E-state index in [1.165, 1.54) is 22.3 Å². The molecule has 0 spiro atoms. The number of thiophene rings is 1. The molecule has 0 aliphatic heterocycles. The lowest BCUT2D eigenvalue weighted by Gasteiger charge is -2.05. The fourth-order valence-corrected chi connectivity index (χ4v) is 4.39. The van der Waals surface area contributed by atoms with Crippen LogP contribution in [0.15, 0.2) is 28.7 Å². The lowest BCUT2D eigenvalue weighted by molar-refractivity contribution is -0.111. The van der Waals surface area contributed by atoms with E-state index >= 15 is 0 Å². The number of nitriles is 1. The maximum Gasteiger partial charge on any atom is 0.249 e. The van der Waals surface area contributed by atoms with Crippen LogP contribution in [0, 0.1) is 11.3 Å². The van der Waals surface area contributed by atoms with Crippen molar-refractivity contribution in [3.63, 3.8) is 0 Å². The molecule has 1 aromatic heterocycles. The second-order valence-corrected chi connectivity index (χ2v) is 7.40. The molecule has 122 valence electrons. The zero-order chi connectivity index (χ0) is 17.1. The van der Waals surface area contributed by atoms with Gasteiger partial charge in [-0.25, -0.2) is 0 Å². The van der Waals surface area contributed by atoms with Crippen LogP contribution < -0.4 is 10.1 Å². The number of carbonyl (C=O) groups is 1. The SMILES string of the molecule is COc1ccc(Br)cc1/C=C/C(=O)Nc1sc2c(c1C#N)CCC2. The van der Waals surface area contributed by atoms with Crippen LogP contribution in [-0.4, -0.2) is 13.0 Å². The lowest BCUT2D eigenvalue weighted by atomic mass is 10.1. The van der Waals surface area contributed by atoms with Gasteiger partial charge in [-0.2, -0.15) is 5.26 Å². The van der Waals surface area contributed by atoms with Crippen molar-refractivity contribution in [2.45, 2.75) is 19.3 Å². The first-order chi connectivity index (χ1) is 11.6. The van der Waals surface area contributed by atoms with Crippen LogP contribution in [0.4, 0.5) is 5.00 Å². The Morgan fingerprint density at radius 2 is 2.29 bits per heavy atom. The zero-order valence-corrected chi connectivity index (χ0v) is 15.5. The molecule has 1 N–H and O–H groups in total. The van der Waals surface area contributed by atoms with Gasteiger partial charge in [-0.1, -0.05) is 15.9 Å². The van der Waals surface area contributed by atoms with Crippen LogP contribution in [-0.2, 0) is 17.6 Å². The number of ether oxygens (including phenoxy) is 1. The normalized spacial score (nSPS) is 12.9. The summed E-state index contributed by atoms with van der Waals surface area (Å²) < 4.78 is 6.19. The highest BCUT2D eigenvalue weighted by molar-refractivity contribution is 9.10. The number of halogens is 1. The van der Waals surface area contributed by atoms with Gasteiger partial charge in [0, 0.05) is 21.0 Å². The minimum absolute atomic E-state index is 0.256. The monoisotopic (exact) mass is 402 g/mol. The van der Waals surface area contributed by atoms with E-state index < -0.39 is 0 Å². The Hall–Kier alpha value is -2.10. The van der Waals surface area contributed by atoms with E-state index in [0.29, 0.717) is 16.3 Å². The van der Waals surface area contributed by atoms with Gasteiger partial charge in [-0.3, -0.25) is 4.79 Å². The van der Waals surface area contributed by atoms with Gasteiger partial charge in [-0.15, -0.1) is 11.3 Å². The molecule has 4 nitrogen and oxygen atoms in total. The Balaban J connectivity index is 1.77. The first kappa shape index (κ1) is 16.7. The van der Waals surface area contributed by atoms with Crippen molar-refractivity contribution >= 4 is 44.3 Å². The van der Waals surface area contributed by atoms with Gasteiger partial charge < -0.3 is 10.1 Å². The van der Waals surface area contributed by atoms with Crippen LogP contribution in [0.3, 0.4) is 0 Å². The van der Waals surface area contributed by atoms with Crippen molar-refractivity contribution in [1.82, 2.24) is 0 Å². The first-order valence-electron chi connectivity index (χ1n) is 7.49. The predicted molar refractivity (Wildman–Crippen MR) is 99.4 cm³/mol. The van der Waals surface area contributed by atoms with Gasteiger partial charge >= 0.3 is 0 Å². The van der Waals surface area contributed by atoms with Crippen LogP contribution in [0.2, 0.25) is 0 Å². The Bertz CT molecular complexity index is 865. The molecule has 2 aromatic rings. The molecule has 1 amide bonds. The van der Waals surface area contributed by atoms with Crippen molar-refractivity contribution in [1.29, 1.82) is 5.26 Å². The van der Waals surface area contributed by atoms with Gasteiger partial charge in [0.05, 0.1) is 12.7 Å². The van der Waals surface area contributed by atoms with Gasteiger partial charge in [0.25, 0.3) is 0 Å². The van der Waals surface area contributed by atoms with Crippen molar-refractivity contribution in [3.05, 3.63) is 50.3 Å². The fourth-order valence-electron chi connectivity index (χ4n) is 2.77. The number of benzene rings is 1. The number of rotatable bonds is 4. The van der Waals surface area contributed by atoms with Crippen molar-refractivity contribution < 1.29 is 9.53 Å². The number of aryl methyl sites for hydroxylation is 1. The highest BCUT2D eigenvalue weighted by Gasteiger charge is 2.22. The molecule has 1 aromatic carbocycles. The standard InChI is InChI=1S/C18H15BrN2O2S/c1-23-15-7-6-12(19)9-11(15)5-8-17(22)21-18-14(10-20)13-3-2-4-16(13)24-18/h5-9H,2-4H2,1H3,(H,21,22)/b8-5+. The molecule has 1 aliphatic rings. The van der Waals surface area contributed by atoms with Gasteiger partial charge in [0.1, 0.15) is 16.8 Å². The zero-order valence-electron chi connectivity index (χ0n) is 13.1. The Kier molecular flexibility index (Phi) is 5.03.